The van der Waals surface area contributed by atoms with Gasteiger partial charge in [0.25, 0.3) is 0 Å². The highest BCUT2D eigenvalue weighted by Crippen LogP contribution is 2.17. The van der Waals surface area contributed by atoms with Crippen LogP contribution in [0.4, 0.5) is 0 Å². The van der Waals surface area contributed by atoms with Crippen molar-refractivity contribution in [3.05, 3.63) is 0 Å². The number of likely N-dealkylation sites (tertiary alicyclic amines) is 1. The van der Waals surface area contributed by atoms with Crippen LogP contribution in [0.1, 0.15) is 45.4 Å². The molecule has 2 saturated heterocycles. The third kappa shape index (κ3) is 3.76. The highest BCUT2D eigenvalue weighted by molar-refractivity contribution is 4.77. The van der Waals surface area contributed by atoms with E-state index in [1.807, 2.05) is 0 Å². The van der Waals surface area contributed by atoms with Gasteiger partial charge in [0.05, 0.1) is 0 Å². The Morgan fingerprint density at radius 3 is 2.80 bits per heavy atom. The van der Waals surface area contributed by atoms with Crippen LogP contribution in [0.15, 0.2) is 0 Å². The largest absolute Gasteiger partial charge is 0.313 e. The quantitative estimate of drug-likeness (QED) is 0.752. The van der Waals surface area contributed by atoms with Gasteiger partial charge in [-0.15, -0.1) is 0 Å². The zero-order chi connectivity index (χ0) is 10.5. The average Bonchev–Trinajstić information content (AvgIpc) is 2.46. The Morgan fingerprint density at radius 1 is 1.07 bits per heavy atom. The van der Waals surface area contributed by atoms with Gasteiger partial charge >= 0.3 is 0 Å². The van der Waals surface area contributed by atoms with Crippen molar-refractivity contribution in [2.45, 2.75) is 51.5 Å². The standard InChI is InChI=1S/C13H26N2/c1-12-5-4-9-15(10-7-12)11-13-6-2-3-8-14-13/h12-14H,2-11H2,1H3. The Bertz CT molecular complexity index is 175. The van der Waals surface area contributed by atoms with E-state index < -0.39 is 0 Å². The van der Waals surface area contributed by atoms with E-state index >= 15 is 0 Å². The second-order valence-electron chi connectivity index (χ2n) is 5.48. The van der Waals surface area contributed by atoms with Crippen LogP contribution in [0.3, 0.4) is 0 Å². The summed E-state index contributed by atoms with van der Waals surface area (Å²) in [5.41, 5.74) is 0. The molecule has 0 bridgehead atoms. The molecule has 2 aliphatic rings. The molecule has 88 valence electrons. The molecule has 0 aromatic heterocycles. The Labute approximate surface area is 94.4 Å². The van der Waals surface area contributed by atoms with Crippen LogP contribution in [0, 0.1) is 5.92 Å². The van der Waals surface area contributed by atoms with Gasteiger partial charge in [-0.1, -0.05) is 13.3 Å². The lowest BCUT2D eigenvalue weighted by Gasteiger charge is -2.29. The van der Waals surface area contributed by atoms with Crippen LogP contribution < -0.4 is 5.32 Å². The molecule has 2 atom stereocenters. The number of hydrogen-bond donors (Lipinski definition) is 1. The van der Waals surface area contributed by atoms with Crippen molar-refractivity contribution in [3.8, 4) is 0 Å². The van der Waals surface area contributed by atoms with Crippen LogP contribution >= 0.6 is 0 Å². The summed E-state index contributed by atoms with van der Waals surface area (Å²) in [5.74, 6) is 0.953. The summed E-state index contributed by atoms with van der Waals surface area (Å²) in [6, 6.07) is 0.784. The molecule has 0 aromatic carbocycles. The van der Waals surface area contributed by atoms with E-state index in [2.05, 4.69) is 17.1 Å². The molecular formula is C13H26N2. The lowest BCUT2D eigenvalue weighted by molar-refractivity contribution is 0.229. The maximum atomic E-state index is 3.66. The van der Waals surface area contributed by atoms with Crippen LogP contribution in [0.2, 0.25) is 0 Å². The lowest BCUT2D eigenvalue weighted by Crippen LogP contribution is -2.43. The molecule has 0 amide bonds. The van der Waals surface area contributed by atoms with E-state index in [9.17, 15) is 0 Å². The summed E-state index contributed by atoms with van der Waals surface area (Å²) in [6.07, 6.45) is 8.47. The molecule has 0 radical (unpaired) electrons. The number of hydrogen-bond acceptors (Lipinski definition) is 2. The smallest absolute Gasteiger partial charge is 0.0195 e. The molecule has 1 N–H and O–H groups in total. The average molecular weight is 210 g/mol. The molecular weight excluding hydrogens is 184 g/mol. The molecule has 0 spiro atoms. The fourth-order valence-corrected chi connectivity index (χ4v) is 2.90. The summed E-state index contributed by atoms with van der Waals surface area (Å²) in [6.45, 7) is 7.62. The Morgan fingerprint density at radius 2 is 2.00 bits per heavy atom. The summed E-state index contributed by atoms with van der Waals surface area (Å²) < 4.78 is 0. The van der Waals surface area contributed by atoms with Crippen LogP contribution in [0.25, 0.3) is 0 Å². The van der Waals surface area contributed by atoms with Crippen molar-refractivity contribution in [1.82, 2.24) is 10.2 Å². The van der Waals surface area contributed by atoms with Crippen molar-refractivity contribution < 1.29 is 0 Å². The van der Waals surface area contributed by atoms with E-state index in [-0.39, 0.29) is 0 Å². The van der Waals surface area contributed by atoms with Gasteiger partial charge in [-0.2, -0.15) is 0 Å². The highest BCUT2D eigenvalue weighted by Gasteiger charge is 2.18. The van der Waals surface area contributed by atoms with Crippen molar-refractivity contribution in [3.63, 3.8) is 0 Å². The third-order valence-electron chi connectivity index (χ3n) is 4.00. The minimum atomic E-state index is 0.784. The van der Waals surface area contributed by atoms with E-state index in [0.717, 1.165) is 12.0 Å². The van der Waals surface area contributed by atoms with Gasteiger partial charge in [-0.25, -0.2) is 0 Å². The van der Waals surface area contributed by atoms with Gasteiger partial charge in [0.15, 0.2) is 0 Å². The van der Waals surface area contributed by atoms with Gasteiger partial charge in [-0.3, -0.25) is 0 Å². The molecule has 2 aliphatic heterocycles. The van der Waals surface area contributed by atoms with Gasteiger partial charge in [0.1, 0.15) is 0 Å². The third-order valence-corrected chi connectivity index (χ3v) is 4.00. The molecule has 2 nitrogen and oxygen atoms in total. The summed E-state index contributed by atoms with van der Waals surface area (Å²) in [7, 11) is 0. The highest BCUT2D eigenvalue weighted by atomic mass is 15.1. The van der Waals surface area contributed by atoms with Gasteiger partial charge < -0.3 is 10.2 Å². The molecule has 2 unspecified atom stereocenters. The topological polar surface area (TPSA) is 15.3 Å². The zero-order valence-corrected chi connectivity index (χ0v) is 10.2. The summed E-state index contributed by atoms with van der Waals surface area (Å²) >= 11 is 0. The number of nitrogens with zero attached hydrogens (tertiary/aromatic N) is 1. The minimum absolute atomic E-state index is 0.784. The van der Waals surface area contributed by atoms with E-state index in [1.54, 1.807) is 0 Å². The molecule has 2 heterocycles. The van der Waals surface area contributed by atoms with E-state index in [4.69, 9.17) is 0 Å². The number of nitrogens with one attached hydrogen (secondary N) is 1. The first-order valence-electron chi connectivity index (χ1n) is 6.80. The Hall–Kier alpha value is -0.0800. The number of piperidine rings is 1. The molecule has 0 aromatic rings. The van der Waals surface area contributed by atoms with Gasteiger partial charge in [0.2, 0.25) is 0 Å². The lowest BCUT2D eigenvalue weighted by atomic mass is 10.0. The first-order chi connectivity index (χ1) is 7.34. The van der Waals surface area contributed by atoms with Crippen molar-refractivity contribution in [2.24, 2.45) is 5.92 Å². The van der Waals surface area contributed by atoms with Crippen molar-refractivity contribution in [1.29, 1.82) is 0 Å². The Kier molecular flexibility index (Phi) is 4.45. The molecule has 15 heavy (non-hydrogen) atoms. The molecule has 2 heteroatoms. The van der Waals surface area contributed by atoms with E-state index in [1.165, 1.54) is 64.7 Å². The van der Waals surface area contributed by atoms with Crippen molar-refractivity contribution >= 4 is 0 Å². The first kappa shape index (κ1) is 11.4. The fraction of sp³-hybridized carbons (Fsp3) is 1.00. The predicted octanol–water partition coefficient (Wildman–Crippen LogP) is 2.25. The number of rotatable bonds is 2. The SMILES string of the molecule is CC1CCCN(CC2CCCCN2)CC1. The fourth-order valence-electron chi connectivity index (χ4n) is 2.90. The second kappa shape index (κ2) is 5.86. The maximum absolute atomic E-state index is 3.66. The predicted molar refractivity (Wildman–Crippen MR) is 65.1 cm³/mol. The Balaban J connectivity index is 1.72. The van der Waals surface area contributed by atoms with Crippen molar-refractivity contribution in [2.75, 3.05) is 26.2 Å². The van der Waals surface area contributed by atoms with Crippen LogP contribution in [-0.2, 0) is 0 Å². The second-order valence-corrected chi connectivity index (χ2v) is 5.48. The van der Waals surface area contributed by atoms with E-state index in [0.29, 0.717) is 0 Å². The van der Waals surface area contributed by atoms with Crippen LogP contribution in [0.5, 0.6) is 0 Å². The normalized spacial score (nSPS) is 35.0. The molecule has 2 rings (SSSR count). The molecule has 2 fully saturated rings. The monoisotopic (exact) mass is 210 g/mol. The molecule has 0 saturated carbocycles. The first-order valence-corrected chi connectivity index (χ1v) is 6.80. The maximum Gasteiger partial charge on any atom is 0.0195 e. The van der Waals surface area contributed by atoms with Crippen LogP contribution in [-0.4, -0.2) is 37.1 Å². The minimum Gasteiger partial charge on any atom is -0.313 e. The van der Waals surface area contributed by atoms with Gasteiger partial charge in [0, 0.05) is 12.6 Å². The zero-order valence-electron chi connectivity index (χ0n) is 10.2. The summed E-state index contributed by atoms with van der Waals surface area (Å²) in [4.78, 5) is 2.69. The molecule has 0 aliphatic carbocycles. The summed E-state index contributed by atoms with van der Waals surface area (Å²) in [5, 5.41) is 3.66. The van der Waals surface area contributed by atoms with Gasteiger partial charge in [-0.05, 0) is 57.7 Å².